The predicted molar refractivity (Wildman–Crippen MR) is 64.2 cm³/mol. The van der Waals surface area contributed by atoms with Gasteiger partial charge in [0.1, 0.15) is 11.5 Å². The number of carbonyl (C=O) groups excluding carboxylic acids is 1. The molecular weight excluding hydrogens is 224 g/mol. The Labute approximate surface area is 101 Å². The summed E-state index contributed by atoms with van der Waals surface area (Å²) in [7, 11) is 0. The molecule has 0 N–H and O–H groups in total. The molecule has 1 aromatic carbocycles. The molecule has 0 aliphatic heterocycles. The molecule has 86 valence electrons. The summed E-state index contributed by atoms with van der Waals surface area (Å²) in [5, 5.41) is 0.658. The highest BCUT2D eigenvalue weighted by atomic mass is 35.5. The van der Waals surface area contributed by atoms with Crippen molar-refractivity contribution < 1.29 is 9.53 Å². The maximum absolute atomic E-state index is 11.7. The fourth-order valence-electron chi connectivity index (χ4n) is 2.09. The lowest BCUT2D eigenvalue weighted by Gasteiger charge is -2.17. The van der Waals surface area contributed by atoms with Crippen molar-refractivity contribution in [1.82, 2.24) is 0 Å². The molecule has 1 aliphatic rings. The lowest BCUT2D eigenvalue weighted by Crippen LogP contribution is -2.18. The Kier molecular flexibility index (Phi) is 2.94. The van der Waals surface area contributed by atoms with E-state index in [0.717, 1.165) is 24.2 Å². The van der Waals surface area contributed by atoms with Crippen molar-refractivity contribution in [3.8, 4) is 5.75 Å². The SMILES string of the molecule is CCOc1ccc(Cl)cc1C1(C(C)=O)CC1. The van der Waals surface area contributed by atoms with E-state index in [9.17, 15) is 4.79 Å². The molecule has 3 heteroatoms. The monoisotopic (exact) mass is 238 g/mol. The van der Waals surface area contributed by atoms with E-state index in [1.165, 1.54) is 0 Å². The Hall–Kier alpha value is -1.02. The largest absolute Gasteiger partial charge is 0.494 e. The van der Waals surface area contributed by atoms with Crippen molar-refractivity contribution in [3.05, 3.63) is 28.8 Å². The van der Waals surface area contributed by atoms with Crippen LogP contribution in [0.4, 0.5) is 0 Å². The van der Waals surface area contributed by atoms with Gasteiger partial charge in [0.15, 0.2) is 0 Å². The highest BCUT2D eigenvalue weighted by Gasteiger charge is 2.50. The van der Waals surface area contributed by atoms with Crippen molar-refractivity contribution in [2.45, 2.75) is 32.1 Å². The Balaban J connectivity index is 2.45. The fourth-order valence-corrected chi connectivity index (χ4v) is 2.27. The van der Waals surface area contributed by atoms with E-state index in [1.54, 1.807) is 13.0 Å². The van der Waals surface area contributed by atoms with E-state index in [-0.39, 0.29) is 11.2 Å². The first-order chi connectivity index (χ1) is 7.60. The molecular formula is C13H15ClO2. The van der Waals surface area contributed by atoms with Gasteiger partial charge in [-0.3, -0.25) is 4.79 Å². The summed E-state index contributed by atoms with van der Waals surface area (Å²) in [6, 6.07) is 5.51. The van der Waals surface area contributed by atoms with Gasteiger partial charge in [0.05, 0.1) is 12.0 Å². The van der Waals surface area contributed by atoms with Crippen LogP contribution in [0, 0.1) is 0 Å². The second-order valence-corrected chi connectivity index (χ2v) is 4.65. The summed E-state index contributed by atoms with van der Waals surface area (Å²) in [5.41, 5.74) is 0.629. The van der Waals surface area contributed by atoms with Gasteiger partial charge in [-0.25, -0.2) is 0 Å². The number of hydrogen-bond donors (Lipinski definition) is 0. The van der Waals surface area contributed by atoms with E-state index in [1.807, 2.05) is 19.1 Å². The van der Waals surface area contributed by atoms with Gasteiger partial charge >= 0.3 is 0 Å². The van der Waals surface area contributed by atoms with E-state index in [2.05, 4.69) is 0 Å². The molecule has 0 spiro atoms. The molecule has 16 heavy (non-hydrogen) atoms. The molecule has 1 aromatic rings. The summed E-state index contributed by atoms with van der Waals surface area (Å²) in [6.45, 7) is 4.18. The molecule has 0 bridgehead atoms. The van der Waals surface area contributed by atoms with Gasteiger partial charge < -0.3 is 4.74 Å². The van der Waals surface area contributed by atoms with Crippen LogP contribution in [0.5, 0.6) is 5.75 Å². The molecule has 0 atom stereocenters. The molecule has 2 rings (SSSR count). The Bertz CT molecular complexity index is 422. The first-order valence-corrected chi connectivity index (χ1v) is 5.92. The van der Waals surface area contributed by atoms with Crippen molar-refractivity contribution in [2.24, 2.45) is 0 Å². The van der Waals surface area contributed by atoms with Crippen molar-refractivity contribution in [1.29, 1.82) is 0 Å². The standard InChI is InChI=1S/C13H15ClO2/c1-3-16-12-5-4-10(14)8-11(12)13(6-7-13)9(2)15/h4-5,8H,3,6-7H2,1-2H3. The first-order valence-electron chi connectivity index (χ1n) is 5.54. The molecule has 0 saturated heterocycles. The molecule has 1 fully saturated rings. The summed E-state index contributed by atoms with van der Waals surface area (Å²) in [4.78, 5) is 11.7. The normalized spacial score (nSPS) is 16.9. The summed E-state index contributed by atoms with van der Waals surface area (Å²) >= 11 is 5.99. The lowest BCUT2D eigenvalue weighted by molar-refractivity contribution is -0.119. The van der Waals surface area contributed by atoms with Crippen LogP contribution in [-0.2, 0) is 10.2 Å². The zero-order valence-electron chi connectivity index (χ0n) is 9.55. The van der Waals surface area contributed by atoms with Crippen LogP contribution < -0.4 is 4.74 Å². The molecule has 0 radical (unpaired) electrons. The van der Waals surface area contributed by atoms with Gasteiger partial charge in [0.25, 0.3) is 0 Å². The number of rotatable bonds is 4. The maximum Gasteiger partial charge on any atom is 0.140 e. The van der Waals surface area contributed by atoms with Crippen LogP contribution >= 0.6 is 11.6 Å². The third-order valence-electron chi connectivity index (χ3n) is 3.18. The third-order valence-corrected chi connectivity index (χ3v) is 3.42. The zero-order valence-corrected chi connectivity index (χ0v) is 10.3. The maximum atomic E-state index is 11.7. The molecule has 1 saturated carbocycles. The fraction of sp³-hybridized carbons (Fsp3) is 0.462. The first kappa shape index (κ1) is 11.5. The summed E-state index contributed by atoms with van der Waals surface area (Å²) in [5.74, 6) is 0.996. The Morgan fingerprint density at radius 2 is 2.19 bits per heavy atom. The summed E-state index contributed by atoms with van der Waals surface area (Å²) < 4.78 is 5.56. The number of benzene rings is 1. The zero-order chi connectivity index (χ0) is 11.8. The highest BCUT2D eigenvalue weighted by molar-refractivity contribution is 6.30. The van der Waals surface area contributed by atoms with Gasteiger partial charge in [0, 0.05) is 10.6 Å². The number of ketones is 1. The van der Waals surface area contributed by atoms with Crippen LogP contribution in [0.3, 0.4) is 0 Å². The van der Waals surface area contributed by atoms with E-state index < -0.39 is 0 Å². The lowest BCUT2D eigenvalue weighted by atomic mass is 9.91. The van der Waals surface area contributed by atoms with Gasteiger partial charge in [-0.2, -0.15) is 0 Å². The number of hydrogen-bond acceptors (Lipinski definition) is 2. The van der Waals surface area contributed by atoms with Crippen LogP contribution in [0.25, 0.3) is 0 Å². The number of carbonyl (C=O) groups is 1. The molecule has 0 unspecified atom stereocenters. The molecule has 2 nitrogen and oxygen atoms in total. The number of Topliss-reactive ketones (excluding diaryl/α,β-unsaturated/α-hetero) is 1. The van der Waals surface area contributed by atoms with Gasteiger partial charge in [-0.05, 0) is 44.9 Å². The number of ether oxygens (including phenoxy) is 1. The minimum atomic E-state index is -0.324. The third kappa shape index (κ3) is 1.82. The quantitative estimate of drug-likeness (QED) is 0.804. The van der Waals surface area contributed by atoms with Crippen LogP contribution in [0.2, 0.25) is 5.02 Å². The Morgan fingerprint density at radius 1 is 1.50 bits per heavy atom. The van der Waals surface area contributed by atoms with Gasteiger partial charge in [0.2, 0.25) is 0 Å². The predicted octanol–water partition coefficient (Wildman–Crippen LogP) is 3.36. The molecule has 0 aromatic heterocycles. The topological polar surface area (TPSA) is 26.3 Å². The van der Waals surface area contributed by atoms with E-state index in [4.69, 9.17) is 16.3 Å². The van der Waals surface area contributed by atoms with Crippen LogP contribution in [0.15, 0.2) is 18.2 Å². The molecule has 0 heterocycles. The van der Waals surface area contributed by atoms with Crippen molar-refractivity contribution in [2.75, 3.05) is 6.61 Å². The second kappa shape index (κ2) is 4.10. The average Bonchev–Trinajstić information content (AvgIpc) is 3.02. The smallest absolute Gasteiger partial charge is 0.140 e. The van der Waals surface area contributed by atoms with Crippen molar-refractivity contribution in [3.63, 3.8) is 0 Å². The Morgan fingerprint density at radius 3 is 2.69 bits per heavy atom. The second-order valence-electron chi connectivity index (χ2n) is 4.21. The van der Waals surface area contributed by atoms with Crippen LogP contribution in [0.1, 0.15) is 32.3 Å². The molecule has 0 amide bonds. The van der Waals surface area contributed by atoms with E-state index >= 15 is 0 Å². The number of halogens is 1. The van der Waals surface area contributed by atoms with Crippen molar-refractivity contribution >= 4 is 17.4 Å². The van der Waals surface area contributed by atoms with Gasteiger partial charge in [-0.1, -0.05) is 11.6 Å². The van der Waals surface area contributed by atoms with Gasteiger partial charge in [-0.15, -0.1) is 0 Å². The van der Waals surface area contributed by atoms with Crippen LogP contribution in [-0.4, -0.2) is 12.4 Å². The highest BCUT2D eigenvalue weighted by Crippen LogP contribution is 2.52. The van der Waals surface area contributed by atoms with E-state index in [0.29, 0.717) is 11.6 Å². The molecule has 1 aliphatic carbocycles. The minimum absolute atomic E-state index is 0.204. The minimum Gasteiger partial charge on any atom is -0.494 e. The summed E-state index contributed by atoms with van der Waals surface area (Å²) in [6.07, 6.45) is 1.81. The average molecular weight is 239 g/mol.